The first-order chi connectivity index (χ1) is 16.9. The van der Waals surface area contributed by atoms with Gasteiger partial charge in [-0.3, -0.25) is 10.1 Å². The van der Waals surface area contributed by atoms with Crippen LogP contribution in [0.5, 0.6) is 0 Å². The summed E-state index contributed by atoms with van der Waals surface area (Å²) in [4.78, 5) is 20.2. The zero-order chi connectivity index (χ0) is 26.1. The summed E-state index contributed by atoms with van der Waals surface area (Å²) >= 11 is 0.724. The lowest BCUT2D eigenvalue weighted by molar-refractivity contribution is -0.140. The van der Waals surface area contributed by atoms with Crippen molar-refractivity contribution in [3.63, 3.8) is 0 Å². The lowest BCUT2D eigenvalue weighted by Crippen LogP contribution is -2.11. The maximum absolute atomic E-state index is 13.5. The van der Waals surface area contributed by atoms with E-state index in [4.69, 9.17) is 0 Å². The number of nitrogens with one attached hydrogen (secondary N) is 2. The van der Waals surface area contributed by atoms with Gasteiger partial charge >= 0.3 is 12.4 Å². The lowest BCUT2D eigenvalue weighted by atomic mass is 10.1. The molecule has 186 valence electrons. The van der Waals surface area contributed by atoms with Gasteiger partial charge in [0, 0.05) is 34.5 Å². The minimum Gasteiger partial charge on any atom is -0.340 e. The Labute approximate surface area is 202 Å². The van der Waals surface area contributed by atoms with E-state index in [2.05, 4.69) is 25.0 Å². The number of alkyl halides is 6. The number of carbonyl (C=O) groups excluding carboxylic acids is 1. The van der Waals surface area contributed by atoms with E-state index in [1.807, 2.05) is 0 Å². The van der Waals surface area contributed by atoms with Gasteiger partial charge in [0.15, 0.2) is 5.82 Å². The van der Waals surface area contributed by atoms with E-state index in [9.17, 15) is 35.5 Å². The fraction of sp³-hybridized carbons (Fsp3) is 0.0909. The number of aromatic nitrogens is 3. The van der Waals surface area contributed by atoms with Crippen molar-refractivity contribution in [1.29, 1.82) is 0 Å². The summed E-state index contributed by atoms with van der Waals surface area (Å²) in [5, 5.41) is 5.27. The Morgan fingerprint density at radius 2 is 1.61 bits per heavy atom. The van der Waals surface area contributed by atoms with Crippen LogP contribution in [0.1, 0.15) is 21.5 Å². The Kier molecular flexibility index (Phi) is 6.63. The third-order valence-electron chi connectivity index (χ3n) is 4.69. The fourth-order valence-electron chi connectivity index (χ4n) is 2.93. The fourth-order valence-corrected chi connectivity index (χ4v) is 3.52. The first-order valence-corrected chi connectivity index (χ1v) is 10.6. The zero-order valence-corrected chi connectivity index (χ0v) is 18.4. The van der Waals surface area contributed by atoms with E-state index < -0.39 is 35.2 Å². The monoisotopic (exact) mass is 527 g/mol. The van der Waals surface area contributed by atoms with Gasteiger partial charge in [0.05, 0.1) is 11.1 Å². The van der Waals surface area contributed by atoms with Gasteiger partial charge in [-0.05, 0) is 54.6 Å². The van der Waals surface area contributed by atoms with Crippen molar-refractivity contribution in [3.05, 3.63) is 83.3 Å². The van der Waals surface area contributed by atoms with Crippen LogP contribution < -0.4 is 10.6 Å². The maximum Gasteiger partial charge on any atom is 0.419 e. The van der Waals surface area contributed by atoms with Gasteiger partial charge in [0.2, 0.25) is 5.13 Å². The molecule has 1 amide bonds. The SMILES string of the molecule is O=C(Nc1nc(-c2ccc(F)c(C(F)(F)F)c2)ns1)c1ccc(Nc2ccc(C(F)(F)F)cn2)cc1. The predicted octanol–water partition coefficient (Wildman–Crippen LogP) is 6.77. The van der Waals surface area contributed by atoms with Crippen molar-refractivity contribution in [1.82, 2.24) is 14.3 Å². The molecule has 0 aliphatic heterocycles. The van der Waals surface area contributed by atoms with Crippen LogP contribution in [-0.4, -0.2) is 20.2 Å². The molecule has 2 heterocycles. The quantitative estimate of drug-likeness (QED) is 0.280. The first-order valence-electron chi connectivity index (χ1n) is 9.83. The summed E-state index contributed by atoms with van der Waals surface area (Å²) in [7, 11) is 0. The molecule has 4 aromatic rings. The molecule has 36 heavy (non-hydrogen) atoms. The number of anilines is 3. The molecule has 0 atom stereocenters. The molecule has 0 saturated carbocycles. The molecule has 0 saturated heterocycles. The molecule has 4 rings (SSSR count). The normalized spacial score (nSPS) is 11.9. The molecule has 0 spiro atoms. The number of benzene rings is 2. The second kappa shape index (κ2) is 9.53. The van der Waals surface area contributed by atoms with Crippen molar-refractivity contribution < 1.29 is 35.5 Å². The van der Waals surface area contributed by atoms with Gasteiger partial charge < -0.3 is 5.32 Å². The highest BCUT2D eigenvalue weighted by atomic mass is 32.1. The van der Waals surface area contributed by atoms with E-state index in [0.29, 0.717) is 24.0 Å². The Morgan fingerprint density at radius 3 is 2.22 bits per heavy atom. The summed E-state index contributed by atoms with van der Waals surface area (Å²) in [6, 6.07) is 10.2. The molecule has 6 nitrogen and oxygen atoms in total. The largest absolute Gasteiger partial charge is 0.419 e. The summed E-state index contributed by atoms with van der Waals surface area (Å²) in [5.41, 5.74) is -1.78. The molecule has 0 unspecified atom stereocenters. The molecule has 2 aromatic heterocycles. The molecule has 0 bridgehead atoms. The predicted molar refractivity (Wildman–Crippen MR) is 117 cm³/mol. The van der Waals surface area contributed by atoms with Crippen LogP contribution in [0.2, 0.25) is 0 Å². The zero-order valence-electron chi connectivity index (χ0n) is 17.6. The lowest BCUT2D eigenvalue weighted by Gasteiger charge is -2.09. The van der Waals surface area contributed by atoms with E-state index in [1.54, 1.807) is 0 Å². The summed E-state index contributed by atoms with van der Waals surface area (Å²) < 4.78 is 94.1. The average Bonchev–Trinajstić information content (AvgIpc) is 3.27. The Balaban J connectivity index is 1.41. The van der Waals surface area contributed by atoms with E-state index in [1.165, 1.54) is 24.3 Å². The third kappa shape index (κ3) is 5.76. The van der Waals surface area contributed by atoms with Crippen LogP contribution in [0.15, 0.2) is 60.8 Å². The number of hydrogen-bond acceptors (Lipinski definition) is 6. The first kappa shape index (κ1) is 25.0. The van der Waals surface area contributed by atoms with E-state index >= 15 is 0 Å². The van der Waals surface area contributed by atoms with Gasteiger partial charge in [0.25, 0.3) is 5.91 Å². The number of pyridine rings is 1. The Bertz CT molecular complexity index is 1380. The minimum atomic E-state index is -4.89. The molecule has 0 fully saturated rings. The topological polar surface area (TPSA) is 79.8 Å². The number of nitrogens with zero attached hydrogens (tertiary/aromatic N) is 3. The number of rotatable bonds is 5. The van der Waals surface area contributed by atoms with Gasteiger partial charge in [-0.15, -0.1) is 0 Å². The average molecular weight is 527 g/mol. The smallest absolute Gasteiger partial charge is 0.340 e. The van der Waals surface area contributed by atoms with Crippen molar-refractivity contribution >= 4 is 34.1 Å². The van der Waals surface area contributed by atoms with Gasteiger partial charge in [-0.2, -0.15) is 35.7 Å². The highest BCUT2D eigenvalue weighted by molar-refractivity contribution is 7.10. The molecule has 2 N–H and O–H groups in total. The molecule has 0 aliphatic carbocycles. The number of halogens is 7. The van der Waals surface area contributed by atoms with Crippen LogP contribution in [0, 0.1) is 5.82 Å². The van der Waals surface area contributed by atoms with Crippen LogP contribution in [0.4, 0.5) is 47.4 Å². The van der Waals surface area contributed by atoms with Crippen molar-refractivity contribution in [2.24, 2.45) is 0 Å². The van der Waals surface area contributed by atoms with E-state index in [0.717, 1.165) is 29.7 Å². The standard InChI is InChI=1S/C22H12F7N5OS/c23-16-7-3-12(9-15(16)22(27,28)29)18-32-20(36-34-18)33-19(35)11-1-5-14(6-2-11)31-17-8-4-13(10-30-17)21(24,25)26/h1-10H,(H,30,31)(H,32,33,34,35). The van der Waals surface area contributed by atoms with Crippen LogP contribution in [0.25, 0.3) is 11.4 Å². The van der Waals surface area contributed by atoms with Crippen molar-refractivity contribution in [2.75, 3.05) is 10.6 Å². The maximum atomic E-state index is 13.5. The Morgan fingerprint density at radius 1 is 0.889 bits per heavy atom. The summed E-state index contributed by atoms with van der Waals surface area (Å²) in [6.45, 7) is 0. The molecule has 0 radical (unpaired) electrons. The van der Waals surface area contributed by atoms with Crippen molar-refractivity contribution in [2.45, 2.75) is 12.4 Å². The summed E-state index contributed by atoms with van der Waals surface area (Å²) in [5.74, 6) is -1.98. The highest BCUT2D eigenvalue weighted by Gasteiger charge is 2.34. The second-order valence-electron chi connectivity index (χ2n) is 7.20. The molecule has 2 aromatic carbocycles. The van der Waals surface area contributed by atoms with Crippen LogP contribution in [0.3, 0.4) is 0 Å². The molecular formula is C22H12F7N5OS. The van der Waals surface area contributed by atoms with E-state index in [-0.39, 0.29) is 27.9 Å². The number of hydrogen-bond donors (Lipinski definition) is 2. The summed E-state index contributed by atoms with van der Waals surface area (Å²) in [6.07, 6.45) is -8.70. The van der Waals surface area contributed by atoms with Crippen LogP contribution >= 0.6 is 11.5 Å². The second-order valence-corrected chi connectivity index (χ2v) is 7.95. The number of carbonyl (C=O) groups is 1. The molecule has 14 heteroatoms. The highest BCUT2D eigenvalue weighted by Crippen LogP contribution is 2.34. The molecular weight excluding hydrogens is 515 g/mol. The minimum absolute atomic E-state index is 0.00374. The third-order valence-corrected chi connectivity index (χ3v) is 5.32. The molecule has 0 aliphatic rings. The van der Waals surface area contributed by atoms with Gasteiger partial charge in [0.1, 0.15) is 11.6 Å². The van der Waals surface area contributed by atoms with Crippen molar-refractivity contribution in [3.8, 4) is 11.4 Å². The number of amides is 1. The Hall–Kier alpha value is -4.07. The van der Waals surface area contributed by atoms with Crippen LogP contribution in [-0.2, 0) is 12.4 Å². The van der Waals surface area contributed by atoms with Gasteiger partial charge in [-0.25, -0.2) is 9.37 Å². The van der Waals surface area contributed by atoms with Gasteiger partial charge in [-0.1, -0.05) is 0 Å².